The second-order valence-electron chi connectivity index (χ2n) is 4.29. The number of rotatable bonds is 3. The van der Waals surface area contributed by atoms with Crippen molar-refractivity contribution in [2.45, 2.75) is 27.1 Å². The summed E-state index contributed by atoms with van der Waals surface area (Å²) in [6.07, 6.45) is 0.871. The van der Waals surface area contributed by atoms with Crippen LogP contribution in [0.15, 0.2) is 11.1 Å². The Labute approximate surface area is 70.5 Å². The molecule has 1 fully saturated rings. The van der Waals surface area contributed by atoms with Crippen molar-refractivity contribution in [3.05, 3.63) is 11.1 Å². The summed E-state index contributed by atoms with van der Waals surface area (Å²) in [4.78, 5) is 0. The molecule has 58 valence electrons. The largest absolute Gasteiger partial charge is 0.0851 e. The molecule has 0 N–H and O–H groups in total. The van der Waals surface area contributed by atoms with Gasteiger partial charge in [-0.2, -0.15) is 0 Å². The zero-order valence-corrected chi connectivity index (χ0v) is 7.59. The Morgan fingerprint density at radius 1 is 1.45 bits per heavy atom. The minimum atomic E-state index is 0.762. The molecule has 0 spiro atoms. The molecule has 0 bridgehead atoms. The molecular formula is C10H15B. The number of allylic oxidation sites excluding steroid dienone is 2. The maximum Gasteiger partial charge on any atom is 0.0657 e. The third-order valence-electron chi connectivity index (χ3n) is 3.37. The molecule has 2 aliphatic rings. The molecule has 2 rings (SSSR count). The molecule has 1 heteroatoms. The first-order valence-electron chi connectivity index (χ1n) is 4.59. The number of hydrogen-bond donors (Lipinski definition) is 0. The summed E-state index contributed by atoms with van der Waals surface area (Å²) in [5.74, 6) is 3.35. The lowest BCUT2D eigenvalue weighted by atomic mass is 9.77. The first-order chi connectivity index (χ1) is 5.18. The van der Waals surface area contributed by atoms with Crippen LogP contribution in [0.2, 0.25) is 6.32 Å². The van der Waals surface area contributed by atoms with Gasteiger partial charge < -0.3 is 0 Å². The van der Waals surface area contributed by atoms with Crippen LogP contribution in [0.3, 0.4) is 0 Å². The van der Waals surface area contributed by atoms with Crippen LogP contribution in [0.4, 0.5) is 0 Å². The van der Waals surface area contributed by atoms with Crippen LogP contribution in [0.1, 0.15) is 20.8 Å². The Morgan fingerprint density at radius 2 is 2.00 bits per heavy atom. The Kier molecular flexibility index (Phi) is 1.46. The predicted octanol–water partition coefficient (Wildman–Crippen LogP) is 2.42. The highest BCUT2D eigenvalue weighted by atomic mass is 14.6. The standard InChI is InChI=1S/C10H15B/c1-5(2)7(4-11)10-8-6(3)9(8)10/h5,7-8,10H,4H2,1-3H3/t7?,8?,10-/m1/s1. The van der Waals surface area contributed by atoms with Crippen LogP contribution >= 0.6 is 0 Å². The van der Waals surface area contributed by atoms with Crippen molar-refractivity contribution < 1.29 is 0 Å². The highest BCUT2D eigenvalue weighted by Crippen LogP contribution is 2.70. The summed E-state index contributed by atoms with van der Waals surface area (Å²) >= 11 is 0. The first kappa shape index (κ1) is 7.45. The highest BCUT2D eigenvalue weighted by molar-refractivity contribution is 6.08. The van der Waals surface area contributed by atoms with Crippen LogP contribution in [0.5, 0.6) is 0 Å². The van der Waals surface area contributed by atoms with Crippen molar-refractivity contribution in [2.24, 2.45) is 23.7 Å². The van der Waals surface area contributed by atoms with E-state index >= 15 is 0 Å². The van der Waals surface area contributed by atoms with Crippen LogP contribution in [-0.4, -0.2) is 7.85 Å². The molecular weight excluding hydrogens is 131 g/mol. The fourth-order valence-electron chi connectivity index (χ4n) is 2.41. The SMILES string of the molecule is [B]CC(C(C)C)[C@H]1C2=C(C)C21. The van der Waals surface area contributed by atoms with Gasteiger partial charge in [-0.3, -0.25) is 0 Å². The van der Waals surface area contributed by atoms with E-state index in [9.17, 15) is 0 Å². The molecule has 0 amide bonds. The lowest BCUT2D eigenvalue weighted by molar-refractivity contribution is 0.360. The van der Waals surface area contributed by atoms with Gasteiger partial charge in [0.2, 0.25) is 0 Å². The molecule has 1 saturated carbocycles. The molecule has 11 heavy (non-hydrogen) atoms. The Bertz CT molecular complexity index is 215. The molecule has 0 aromatic heterocycles. The summed E-state index contributed by atoms with van der Waals surface area (Å²) in [5.41, 5.74) is 3.41. The van der Waals surface area contributed by atoms with E-state index in [0.717, 1.165) is 30.0 Å². The van der Waals surface area contributed by atoms with Gasteiger partial charge in [-0.05, 0) is 24.7 Å². The number of fused-ring (bicyclic) bond motifs is 1. The zero-order valence-electron chi connectivity index (χ0n) is 7.59. The monoisotopic (exact) mass is 146 g/mol. The fourth-order valence-corrected chi connectivity index (χ4v) is 2.41. The van der Waals surface area contributed by atoms with Crippen molar-refractivity contribution >= 4 is 7.85 Å². The van der Waals surface area contributed by atoms with Crippen LogP contribution in [0, 0.1) is 23.7 Å². The Hall–Kier alpha value is -0.195. The second kappa shape index (κ2) is 2.15. The van der Waals surface area contributed by atoms with E-state index in [4.69, 9.17) is 7.85 Å². The first-order valence-corrected chi connectivity index (χ1v) is 4.59. The van der Waals surface area contributed by atoms with Crippen LogP contribution in [0.25, 0.3) is 0 Å². The topological polar surface area (TPSA) is 0 Å². The minimum Gasteiger partial charge on any atom is -0.0851 e. The summed E-state index contributed by atoms with van der Waals surface area (Å²) in [7, 11) is 5.72. The van der Waals surface area contributed by atoms with Crippen LogP contribution < -0.4 is 0 Å². The van der Waals surface area contributed by atoms with E-state index in [2.05, 4.69) is 20.8 Å². The molecule has 0 saturated heterocycles. The quantitative estimate of drug-likeness (QED) is 0.423. The van der Waals surface area contributed by atoms with Crippen molar-refractivity contribution in [1.82, 2.24) is 0 Å². The summed E-state index contributed by atoms with van der Waals surface area (Å²) in [6.45, 7) is 6.82. The molecule has 2 radical (unpaired) electrons. The molecule has 3 atom stereocenters. The van der Waals surface area contributed by atoms with Gasteiger partial charge >= 0.3 is 0 Å². The van der Waals surface area contributed by atoms with E-state index < -0.39 is 0 Å². The predicted molar refractivity (Wildman–Crippen MR) is 48.6 cm³/mol. The van der Waals surface area contributed by atoms with Crippen molar-refractivity contribution in [3.8, 4) is 0 Å². The second-order valence-corrected chi connectivity index (χ2v) is 4.29. The van der Waals surface area contributed by atoms with Crippen LogP contribution in [-0.2, 0) is 0 Å². The molecule has 0 heterocycles. The fraction of sp³-hybridized carbons (Fsp3) is 0.800. The van der Waals surface area contributed by atoms with E-state index in [1.807, 2.05) is 0 Å². The van der Waals surface area contributed by atoms with Gasteiger partial charge in [-0.25, -0.2) is 0 Å². The normalized spacial score (nSPS) is 35.6. The highest BCUT2D eigenvalue weighted by Gasteiger charge is 2.61. The summed E-state index contributed by atoms with van der Waals surface area (Å²) in [6, 6.07) is 0. The molecule has 0 aromatic carbocycles. The molecule has 0 nitrogen and oxygen atoms in total. The molecule has 0 aliphatic heterocycles. The smallest absolute Gasteiger partial charge is 0.0657 e. The van der Waals surface area contributed by atoms with Gasteiger partial charge in [0, 0.05) is 5.92 Å². The lowest BCUT2D eigenvalue weighted by Crippen LogP contribution is -2.13. The number of hydrogen-bond acceptors (Lipinski definition) is 0. The van der Waals surface area contributed by atoms with E-state index in [1.54, 1.807) is 11.1 Å². The third kappa shape index (κ3) is 0.897. The third-order valence-corrected chi connectivity index (χ3v) is 3.37. The maximum absolute atomic E-state index is 5.72. The molecule has 2 aliphatic carbocycles. The van der Waals surface area contributed by atoms with E-state index in [1.165, 1.54) is 0 Å². The van der Waals surface area contributed by atoms with Gasteiger partial charge in [0.05, 0.1) is 7.85 Å². The lowest BCUT2D eigenvalue weighted by Gasteiger charge is -2.20. The maximum atomic E-state index is 5.72. The Balaban J connectivity index is 1.95. The molecule has 0 aromatic rings. The van der Waals surface area contributed by atoms with E-state index in [0.29, 0.717) is 0 Å². The van der Waals surface area contributed by atoms with E-state index in [-0.39, 0.29) is 0 Å². The van der Waals surface area contributed by atoms with Crippen molar-refractivity contribution in [3.63, 3.8) is 0 Å². The zero-order chi connectivity index (χ0) is 8.17. The van der Waals surface area contributed by atoms with Crippen molar-refractivity contribution in [2.75, 3.05) is 0 Å². The summed E-state index contributed by atoms with van der Waals surface area (Å²) < 4.78 is 0. The van der Waals surface area contributed by atoms with Gasteiger partial charge in [-0.15, -0.1) is 0 Å². The molecule has 2 unspecified atom stereocenters. The average molecular weight is 146 g/mol. The van der Waals surface area contributed by atoms with Gasteiger partial charge in [0.1, 0.15) is 0 Å². The van der Waals surface area contributed by atoms with Gasteiger partial charge in [0.15, 0.2) is 0 Å². The van der Waals surface area contributed by atoms with Gasteiger partial charge in [-0.1, -0.05) is 31.3 Å². The van der Waals surface area contributed by atoms with Gasteiger partial charge in [0.25, 0.3) is 0 Å². The Morgan fingerprint density at radius 3 is 2.27 bits per heavy atom. The summed E-state index contributed by atoms with van der Waals surface area (Å²) in [5, 5.41) is 0. The minimum absolute atomic E-state index is 0.762. The van der Waals surface area contributed by atoms with Crippen molar-refractivity contribution in [1.29, 1.82) is 0 Å². The average Bonchev–Trinajstić information content (AvgIpc) is 2.78.